The van der Waals surface area contributed by atoms with E-state index in [9.17, 15) is 14.9 Å². The molecule has 2 aromatic rings. The molecule has 2 aromatic carbocycles. The number of piperazine rings is 1. The third-order valence-corrected chi connectivity index (χ3v) is 4.74. The molecule has 1 fully saturated rings. The number of halogens is 1. The fourth-order valence-corrected chi connectivity index (χ4v) is 3.20. The van der Waals surface area contributed by atoms with Crippen LogP contribution in [0.2, 0.25) is 5.02 Å². The molecular weight excluding hydrogens is 370 g/mol. The smallest absolute Gasteiger partial charge is 0.292 e. The predicted molar refractivity (Wildman–Crippen MR) is 103 cm³/mol. The Labute approximate surface area is 162 Å². The summed E-state index contributed by atoms with van der Waals surface area (Å²) in [4.78, 5) is 27.1. The van der Waals surface area contributed by atoms with Crippen LogP contribution in [0.25, 0.3) is 0 Å². The number of ether oxygens (including phenoxy) is 1. The molecule has 1 aliphatic rings. The summed E-state index contributed by atoms with van der Waals surface area (Å²) in [6, 6.07) is 13.5. The summed E-state index contributed by atoms with van der Waals surface area (Å²) < 4.78 is 5.69. The number of carbonyl (C=O) groups excluding carboxylic acids is 1. The molecule has 142 valence electrons. The van der Waals surface area contributed by atoms with Gasteiger partial charge in [-0.25, -0.2) is 0 Å². The molecule has 0 aliphatic carbocycles. The molecule has 7 nitrogen and oxygen atoms in total. The van der Waals surface area contributed by atoms with Gasteiger partial charge in [0.25, 0.3) is 11.6 Å². The third-order valence-electron chi connectivity index (χ3n) is 4.48. The van der Waals surface area contributed by atoms with Gasteiger partial charge in [-0.15, -0.1) is 0 Å². The van der Waals surface area contributed by atoms with Gasteiger partial charge in [0.1, 0.15) is 11.4 Å². The molecule has 1 unspecified atom stereocenters. The molecule has 1 saturated heterocycles. The van der Waals surface area contributed by atoms with Crippen molar-refractivity contribution in [2.75, 3.05) is 31.1 Å². The summed E-state index contributed by atoms with van der Waals surface area (Å²) in [6.45, 7) is 3.75. The number of para-hydroxylation sites is 2. The monoisotopic (exact) mass is 389 g/mol. The van der Waals surface area contributed by atoms with Gasteiger partial charge in [0, 0.05) is 37.3 Å². The minimum absolute atomic E-state index is 0.0803. The van der Waals surface area contributed by atoms with E-state index in [4.69, 9.17) is 16.3 Å². The zero-order chi connectivity index (χ0) is 19.4. The minimum atomic E-state index is -0.621. The van der Waals surface area contributed by atoms with Crippen molar-refractivity contribution in [2.45, 2.75) is 13.0 Å². The number of nitrogens with zero attached hydrogens (tertiary/aromatic N) is 3. The van der Waals surface area contributed by atoms with E-state index in [2.05, 4.69) is 0 Å². The SMILES string of the molecule is CC(Oc1ccc(Cl)cc1)C(=O)N1CCN(c2ccccc2[N+](=O)[O-])CC1. The van der Waals surface area contributed by atoms with E-state index < -0.39 is 6.10 Å². The quantitative estimate of drug-likeness (QED) is 0.579. The number of rotatable bonds is 5. The van der Waals surface area contributed by atoms with Crippen molar-refractivity contribution in [3.63, 3.8) is 0 Å². The molecule has 1 amide bonds. The van der Waals surface area contributed by atoms with Crippen LogP contribution in [-0.4, -0.2) is 48.0 Å². The zero-order valence-corrected chi connectivity index (χ0v) is 15.6. The van der Waals surface area contributed by atoms with Gasteiger partial charge in [0.15, 0.2) is 6.10 Å². The molecule has 1 aliphatic heterocycles. The summed E-state index contributed by atoms with van der Waals surface area (Å²) >= 11 is 5.85. The van der Waals surface area contributed by atoms with Crippen LogP contribution in [-0.2, 0) is 4.79 Å². The number of benzene rings is 2. The number of nitro benzene ring substituents is 1. The first kappa shape index (κ1) is 19.0. The van der Waals surface area contributed by atoms with Crippen molar-refractivity contribution in [1.29, 1.82) is 0 Å². The van der Waals surface area contributed by atoms with Gasteiger partial charge >= 0.3 is 0 Å². The predicted octanol–water partition coefficient (Wildman–Crippen LogP) is 3.36. The Bertz CT molecular complexity index is 820. The second kappa shape index (κ2) is 8.26. The van der Waals surface area contributed by atoms with Gasteiger partial charge in [-0.2, -0.15) is 0 Å². The van der Waals surface area contributed by atoms with E-state index in [1.54, 1.807) is 54.3 Å². The summed E-state index contributed by atoms with van der Waals surface area (Å²) in [6.07, 6.45) is -0.621. The maximum Gasteiger partial charge on any atom is 0.292 e. The van der Waals surface area contributed by atoms with Crippen LogP contribution in [0.5, 0.6) is 5.75 Å². The minimum Gasteiger partial charge on any atom is -0.481 e. The lowest BCUT2D eigenvalue weighted by atomic mass is 10.2. The van der Waals surface area contributed by atoms with Gasteiger partial charge < -0.3 is 14.5 Å². The number of hydrogen-bond donors (Lipinski definition) is 0. The molecule has 0 bridgehead atoms. The van der Waals surface area contributed by atoms with Gasteiger partial charge in [-0.1, -0.05) is 23.7 Å². The van der Waals surface area contributed by atoms with Crippen LogP contribution >= 0.6 is 11.6 Å². The largest absolute Gasteiger partial charge is 0.481 e. The number of amides is 1. The van der Waals surface area contributed by atoms with E-state index >= 15 is 0 Å². The van der Waals surface area contributed by atoms with E-state index in [0.717, 1.165) is 0 Å². The fraction of sp³-hybridized carbons (Fsp3) is 0.316. The summed E-state index contributed by atoms with van der Waals surface area (Å²) in [7, 11) is 0. The molecule has 1 atom stereocenters. The van der Waals surface area contributed by atoms with Gasteiger partial charge in [0.2, 0.25) is 0 Å². The Kier molecular flexibility index (Phi) is 5.81. The van der Waals surface area contributed by atoms with Crippen molar-refractivity contribution in [1.82, 2.24) is 4.90 Å². The molecule has 8 heteroatoms. The fourth-order valence-electron chi connectivity index (χ4n) is 3.08. The van der Waals surface area contributed by atoms with E-state index in [-0.39, 0.29) is 16.5 Å². The molecule has 1 heterocycles. The van der Waals surface area contributed by atoms with Crippen LogP contribution in [0.4, 0.5) is 11.4 Å². The van der Waals surface area contributed by atoms with Crippen molar-refractivity contribution in [2.24, 2.45) is 0 Å². The van der Waals surface area contributed by atoms with Crippen LogP contribution in [0.1, 0.15) is 6.92 Å². The summed E-state index contributed by atoms with van der Waals surface area (Å²) in [5.74, 6) is 0.478. The van der Waals surface area contributed by atoms with E-state index in [0.29, 0.717) is 42.6 Å². The molecule has 0 spiro atoms. The summed E-state index contributed by atoms with van der Waals surface area (Å²) in [5.41, 5.74) is 0.664. The van der Waals surface area contributed by atoms with Crippen molar-refractivity contribution in [3.05, 3.63) is 63.7 Å². The highest BCUT2D eigenvalue weighted by Gasteiger charge is 2.28. The molecular formula is C19H20ClN3O4. The second-order valence-electron chi connectivity index (χ2n) is 6.27. The standard InChI is InChI=1S/C19H20ClN3O4/c1-14(27-16-8-6-15(20)7-9-16)19(24)22-12-10-21(11-13-22)17-4-2-3-5-18(17)23(25)26/h2-9,14H,10-13H2,1H3. The molecule has 3 rings (SSSR count). The van der Waals surface area contributed by atoms with Gasteiger partial charge in [-0.3, -0.25) is 14.9 Å². The average molecular weight is 390 g/mol. The summed E-state index contributed by atoms with van der Waals surface area (Å²) in [5, 5.41) is 11.8. The Hall–Kier alpha value is -2.80. The Balaban J connectivity index is 1.59. The first-order valence-corrected chi connectivity index (χ1v) is 9.03. The second-order valence-corrected chi connectivity index (χ2v) is 6.71. The van der Waals surface area contributed by atoms with Crippen LogP contribution in [0, 0.1) is 10.1 Å². The van der Waals surface area contributed by atoms with Gasteiger partial charge in [0.05, 0.1) is 4.92 Å². The number of carbonyl (C=O) groups is 1. The lowest BCUT2D eigenvalue weighted by Crippen LogP contribution is -2.52. The normalized spacial score (nSPS) is 15.3. The van der Waals surface area contributed by atoms with Crippen LogP contribution in [0.15, 0.2) is 48.5 Å². The first-order chi connectivity index (χ1) is 13.0. The third kappa shape index (κ3) is 4.49. The Morgan fingerprint density at radius 3 is 2.37 bits per heavy atom. The lowest BCUT2D eigenvalue weighted by Gasteiger charge is -2.36. The Morgan fingerprint density at radius 2 is 1.74 bits per heavy atom. The molecule has 27 heavy (non-hydrogen) atoms. The number of nitro groups is 1. The molecule has 0 saturated carbocycles. The molecule has 0 radical (unpaired) electrons. The number of anilines is 1. The molecule has 0 aromatic heterocycles. The van der Waals surface area contributed by atoms with E-state index in [1.165, 1.54) is 6.07 Å². The van der Waals surface area contributed by atoms with E-state index in [1.807, 2.05) is 4.90 Å². The van der Waals surface area contributed by atoms with Crippen molar-refractivity contribution in [3.8, 4) is 5.75 Å². The van der Waals surface area contributed by atoms with Crippen molar-refractivity contribution >= 4 is 28.9 Å². The van der Waals surface area contributed by atoms with Crippen LogP contribution in [0.3, 0.4) is 0 Å². The van der Waals surface area contributed by atoms with Crippen LogP contribution < -0.4 is 9.64 Å². The molecule has 0 N–H and O–H groups in total. The highest BCUT2D eigenvalue weighted by molar-refractivity contribution is 6.30. The highest BCUT2D eigenvalue weighted by Crippen LogP contribution is 2.28. The maximum absolute atomic E-state index is 12.6. The maximum atomic E-state index is 12.6. The topological polar surface area (TPSA) is 75.9 Å². The lowest BCUT2D eigenvalue weighted by molar-refractivity contribution is -0.384. The zero-order valence-electron chi connectivity index (χ0n) is 14.9. The van der Waals surface area contributed by atoms with Gasteiger partial charge in [-0.05, 0) is 37.3 Å². The highest BCUT2D eigenvalue weighted by atomic mass is 35.5. The van der Waals surface area contributed by atoms with Crippen molar-refractivity contribution < 1.29 is 14.5 Å². The first-order valence-electron chi connectivity index (χ1n) is 8.65. The average Bonchev–Trinajstić information content (AvgIpc) is 2.69. The number of hydrogen-bond acceptors (Lipinski definition) is 5. The Morgan fingerprint density at radius 1 is 1.11 bits per heavy atom.